The van der Waals surface area contributed by atoms with Crippen LogP contribution in [0.25, 0.3) is 0 Å². The fraction of sp³-hybridized carbons (Fsp3) is 0.462. The lowest BCUT2D eigenvalue weighted by molar-refractivity contribution is 0.322. The summed E-state index contributed by atoms with van der Waals surface area (Å²) in [4.78, 5) is 3.97. The fourth-order valence-corrected chi connectivity index (χ4v) is 2.96. The van der Waals surface area contributed by atoms with Crippen LogP contribution < -0.4 is 15.4 Å². The second kappa shape index (κ2) is 11.5. The number of ether oxygens (including phenoxy) is 1. The van der Waals surface area contributed by atoms with E-state index in [0.717, 1.165) is 0 Å². The number of guanidine groups is 1. The van der Waals surface area contributed by atoms with Crippen molar-refractivity contribution in [2.75, 3.05) is 38.8 Å². The molecule has 0 aliphatic rings. The zero-order chi connectivity index (χ0) is 17.5. The molecule has 1 aromatic carbocycles. The lowest BCUT2D eigenvalue weighted by Gasteiger charge is -2.13. The van der Waals surface area contributed by atoms with E-state index in [0.29, 0.717) is 33.3 Å². The molecule has 138 valence electrons. The minimum atomic E-state index is -3.01. The van der Waals surface area contributed by atoms with Crippen LogP contribution in [-0.4, -0.2) is 53.1 Å². The maximum Gasteiger partial charge on any atom is 0.191 e. The van der Waals surface area contributed by atoms with Gasteiger partial charge in [-0.1, -0.05) is 34.8 Å². The average molecular weight is 531 g/mol. The third-order valence-electron chi connectivity index (χ3n) is 2.59. The number of nitrogens with zero attached hydrogens (tertiary/aromatic N) is 1. The van der Waals surface area contributed by atoms with E-state index < -0.39 is 9.84 Å². The highest BCUT2D eigenvalue weighted by molar-refractivity contribution is 14.0. The van der Waals surface area contributed by atoms with Gasteiger partial charge in [0.05, 0.1) is 22.3 Å². The molecule has 0 unspecified atom stereocenters. The summed E-state index contributed by atoms with van der Waals surface area (Å²) < 4.78 is 27.6. The summed E-state index contributed by atoms with van der Waals surface area (Å²) in [6, 6.07) is 3.09. The molecule has 0 saturated heterocycles. The van der Waals surface area contributed by atoms with Crippen LogP contribution in [-0.2, 0) is 9.84 Å². The van der Waals surface area contributed by atoms with Crippen LogP contribution in [0, 0.1) is 0 Å². The molecule has 0 bridgehead atoms. The normalized spacial score (nSPS) is 11.6. The Kier molecular flexibility index (Phi) is 11.4. The van der Waals surface area contributed by atoms with E-state index in [-0.39, 0.29) is 42.9 Å². The Bertz CT molecular complexity index is 649. The zero-order valence-corrected chi connectivity index (χ0v) is 18.5. The molecule has 1 aromatic rings. The lowest BCUT2D eigenvalue weighted by atomic mass is 10.3. The summed E-state index contributed by atoms with van der Waals surface area (Å²) in [5.74, 6) is 0.866. The van der Waals surface area contributed by atoms with Gasteiger partial charge in [-0.25, -0.2) is 8.42 Å². The molecule has 24 heavy (non-hydrogen) atoms. The number of rotatable bonds is 7. The highest BCUT2D eigenvalue weighted by Crippen LogP contribution is 2.35. The molecule has 0 aliphatic heterocycles. The monoisotopic (exact) mass is 529 g/mol. The predicted octanol–water partition coefficient (Wildman–Crippen LogP) is 2.85. The molecule has 2 N–H and O–H groups in total. The number of halogens is 4. The predicted molar refractivity (Wildman–Crippen MR) is 111 cm³/mol. The summed E-state index contributed by atoms with van der Waals surface area (Å²) in [6.45, 7) is 0.982. The number of hydrogen-bond acceptors (Lipinski definition) is 4. The van der Waals surface area contributed by atoms with Crippen LogP contribution in [0.1, 0.15) is 0 Å². The lowest BCUT2D eigenvalue weighted by Crippen LogP contribution is -2.41. The Morgan fingerprint density at radius 1 is 1.17 bits per heavy atom. The minimum absolute atomic E-state index is 0. The molecule has 0 radical (unpaired) electrons. The van der Waals surface area contributed by atoms with Crippen molar-refractivity contribution in [2.45, 2.75) is 0 Å². The molecule has 0 saturated carbocycles. The van der Waals surface area contributed by atoms with Crippen LogP contribution in [0.3, 0.4) is 0 Å². The van der Waals surface area contributed by atoms with Crippen molar-refractivity contribution in [1.82, 2.24) is 10.6 Å². The van der Waals surface area contributed by atoms with Crippen LogP contribution in [0.5, 0.6) is 5.75 Å². The molecular weight excluding hydrogens is 511 g/mol. The standard InChI is InChI=1S/C13H18Cl3N3O3S.HI/c1-17-13(19-4-6-23(2,20)21)18-3-5-22-12-10(15)7-9(14)8-11(12)16;/h7-8H,3-6H2,1-2H3,(H2,17,18,19);1H. The largest absolute Gasteiger partial charge is 0.489 e. The van der Waals surface area contributed by atoms with Gasteiger partial charge in [-0.2, -0.15) is 0 Å². The van der Waals surface area contributed by atoms with E-state index in [4.69, 9.17) is 39.5 Å². The number of aliphatic imine (C=N–C) groups is 1. The Hall–Kier alpha value is -0.160. The molecular formula is C13H19Cl3IN3O3S. The highest BCUT2D eigenvalue weighted by atomic mass is 127. The van der Waals surface area contributed by atoms with Gasteiger partial charge in [0.2, 0.25) is 0 Å². The van der Waals surface area contributed by atoms with E-state index in [1.54, 1.807) is 19.2 Å². The summed E-state index contributed by atoms with van der Waals surface area (Å²) in [5.41, 5.74) is 0. The van der Waals surface area contributed by atoms with Gasteiger partial charge in [0, 0.05) is 24.9 Å². The first kappa shape index (κ1) is 23.8. The number of hydrogen-bond donors (Lipinski definition) is 2. The van der Waals surface area contributed by atoms with Crippen molar-refractivity contribution < 1.29 is 13.2 Å². The molecule has 11 heteroatoms. The van der Waals surface area contributed by atoms with Gasteiger partial charge in [-0.15, -0.1) is 24.0 Å². The second-order valence-corrected chi connectivity index (χ2v) is 8.11. The van der Waals surface area contributed by atoms with Gasteiger partial charge in [0.1, 0.15) is 16.4 Å². The Balaban J connectivity index is 0.00000529. The first-order valence-electron chi connectivity index (χ1n) is 6.62. The average Bonchev–Trinajstić information content (AvgIpc) is 2.42. The second-order valence-electron chi connectivity index (χ2n) is 4.60. The Morgan fingerprint density at radius 3 is 2.21 bits per heavy atom. The third-order valence-corrected chi connectivity index (χ3v) is 4.32. The molecule has 0 heterocycles. The summed E-state index contributed by atoms with van der Waals surface area (Å²) >= 11 is 17.8. The quantitative estimate of drug-likeness (QED) is 0.245. The first-order valence-corrected chi connectivity index (χ1v) is 9.82. The fourth-order valence-electron chi connectivity index (χ4n) is 1.56. The SMILES string of the molecule is CN=C(NCCOc1c(Cl)cc(Cl)cc1Cl)NCCS(C)(=O)=O.I. The van der Waals surface area contributed by atoms with E-state index in [2.05, 4.69) is 15.6 Å². The zero-order valence-electron chi connectivity index (χ0n) is 13.1. The van der Waals surface area contributed by atoms with E-state index in [1.165, 1.54) is 6.26 Å². The van der Waals surface area contributed by atoms with Crippen LogP contribution in [0.4, 0.5) is 0 Å². The summed E-state index contributed by atoms with van der Waals surface area (Å²) in [6.07, 6.45) is 1.18. The van der Waals surface area contributed by atoms with Gasteiger partial charge in [-0.3, -0.25) is 4.99 Å². The highest BCUT2D eigenvalue weighted by Gasteiger charge is 2.09. The molecule has 6 nitrogen and oxygen atoms in total. The van der Waals surface area contributed by atoms with Crippen LogP contribution in [0.15, 0.2) is 17.1 Å². The molecule has 0 atom stereocenters. The molecule has 0 fully saturated rings. The molecule has 0 amide bonds. The number of nitrogens with one attached hydrogen (secondary N) is 2. The number of sulfone groups is 1. The van der Waals surface area contributed by atoms with Crippen LogP contribution >= 0.6 is 58.8 Å². The summed E-state index contributed by atoms with van der Waals surface area (Å²) in [7, 11) is -1.43. The van der Waals surface area contributed by atoms with Crippen molar-refractivity contribution >= 4 is 74.6 Å². The van der Waals surface area contributed by atoms with Crippen molar-refractivity contribution in [1.29, 1.82) is 0 Å². The molecule has 0 aromatic heterocycles. The van der Waals surface area contributed by atoms with E-state index in [9.17, 15) is 8.42 Å². The van der Waals surface area contributed by atoms with E-state index >= 15 is 0 Å². The van der Waals surface area contributed by atoms with Crippen molar-refractivity contribution in [3.63, 3.8) is 0 Å². The van der Waals surface area contributed by atoms with E-state index in [1.807, 2.05) is 0 Å². The van der Waals surface area contributed by atoms with Crippen molar-refractivity contribution in [3.8, 4) is 5.75 Å². The topological polar surface area (TPSA) is 79.8 Å². The maximum atomic E-state index is 11.1. The Morgan fingerprint density at radius 2 is 1.71 bits per heavy atom. The van der Waals surface area contributed by atoms with Gasteiger partial charge in [0.25, 0.3) is 0 Å². The van der Waals surface area contributed by atoms with Crippen molar-refractivity contribution in [3.05, 3.63) is 27.2 Å². The minimum Gasteiger partial charge on any atom is -0.489 e. The van der Waals surface area contributed by atoms with Crippen LogP contribution in [0.2, 0.25) is 15.1 Å². The smallest absolute Gasteiger partial charge is 0.191 e. The number of benzene rings is 1. The molecule has 0 spiro atoms. The van der Waals surface area contributed by atoms with Crippen molar-refractivity contribution in [2.24, 2.45) is 4.99 Å². The van der Waals surface area contributed by atoms with Gasteiger partial charge >= 0.3 is 0 Å². The third kappa shape index (κ3) is 9.36. The first-order chi connectivity index (χ1) is 10.7. The molecule has 1 rings (SSSR count). The maximum absolute atomic E-state index is 11.1. The van der Waals surface area contributed by atoms with Gasteiger partial charge in [-0.05, 0) is 12.1 Å². The van der Waals surface area contributed by atoms with Gasteiger partial charge < -0.3 is 15.4 Å². The Labute approximate surface area is 174 Å². The summed E-state index contributed by atoms with van der Waals surface area (Å²) in [5, 5.41) is 6.97. The molecule has 0 aliphatic carbocycles. The van der Waals surface area contributed by atoms with Gasteiger partial charge in [0.15, 0.2) is 11.7 Å².